The molecule has 0 atom stereocenters. The van der Waals surface area contributed by atoms with Gasteiger partial charge in [-0.2, -0.15) is 0 Å². The van der Waals surface area contributed by atoms with Crippen LogP contribution in [-0.2, 0) is 17.1 Å². The van der Waals surface area contributed by atoms with Crippen molar-refractivity contribution in [2.45, 2.75) is 11.8 Å². The lowest BCUT2D eigenvalue weighted by atomic mass is 10.2. The van der Waals surface area contributed by atoms with Crippen LogP contribution in [0.3, 0.4) is 0 Å². The van der Waals surface area contributed by atoms with Gasteiger partial charge in [0.1, 0.15) is 4.90 Å². The molecule has 2 rings (SSSR count). The van der Waals surface area contributed by atoms with Gasteiger partial charge in [0.15, 0.2) is 0 Å². The van der Waals surface area contributed by atoms with Crippen molar-refractivity contribution in [2.24, 2.45) is 7.05 Å². The van der Waals surface area contributed by atoms with Gasteiger partial charge < -0.3 is 9.77 Å². The van der Waals surface area contributed by atoms with Gasteiger partial charge in [-0.3, -0.25) is 0 Å². The third kappa shape index (κ3) is 1.42. The van der Waals surface area contributed by atoms with Gasteiger partial charge in [-0.05, 0) is 13.0 Å². The Bertz CT molecular complexity index is 643. The first-order valence-corrected chi connectivity index (χ1v) is 6.17. The standard InChI is InChI=1S/C10H12N2O3S/c1-7-10(16(14,15)11-13)8-5-3-4-6-9(8)12(7)2/h3-6,11,13H,1-2H3. The maximum Gasteiger partial charge on any atom is 0.264 e. The number of para-hydroxylation sites is 1. The number of fused-ring (bicyclic) bond motifs is 1. The molecule has 0 bridgehead atoms. The van der Waals surface area contributed by atoms with E-state index >= 15 is 0 Å². The second-order valence-electron chi connectivity index (χ2n) is 3.59. The molecule has 86 valence electrons. The second kappa shape index (κ2) is 3.58. The first kappa shape index (κ1) is 11.1. The lowest BCUT2D eigenvalue weighted by molar-refractivity contribution is 0.242. The van der Waals surface area contributed by atoms with Crippen LogP contribution in [0.2, 0.25) is 0 Å². The van der Waals surface area contributed by atoms with E-state index in [1.165, 1.54) is 4.89 Å². The van der Waals surface area contributed by atoms with Crippen molar-refractivity contribution < 1.29 is 13.6 Å². The minimum atomic E-state index is -3.85. The number of nitrogens with zero attached hydrogens (tertiary/aromatic N) is 1. The van der Waals surface area contributed by atoms with Gasteiger partial charge in [-0.25, -0.2) is 8.42 Å². The van der Waals surface area contributed by atoms with Crippen LogP contribution in [0.5, 0.6) is 0 Å². The highest BCUT2D eigenvalue weighted by atomic mass is 32.2. The first-order valence-electron chi connectivity index (χ1n) is 4.69. The average molecular weight is 240 g/mol. The second-order valence-corrected chi connectivity index (χ2v) is 5.18. The van der Waals surface area contributed by atoms with E-state index < -0.39 is 10.0 Å². The van der Waals surface area contributed by atoms with E-state index in [0.29, 0.717) is 11.1 Å². The van der Waals surface area contributed by atoms with Crippen LogP contribution in [0.15, 0.2) is 29.2 Å². The third-order valence-corrected chi connectivity index (χ3v) is 4.02. The van der Waals surface area contributed by atoms with Crippen molar-refractivity contribution in [2.75, 3.05) is 0 Å². The van der Waals surface area contributed by atoms with Crippen molar-refractivity contribution in [3.63, 3.8) is 0 Å². The predicted octanol–water partition coefficient (Wildman–Crippen LogP) is 1.15. The minimum absolute atomic E-state index is 0.119. The fourth-order valence-corrected chi connectivity index (χ4v) is 2.95. The van der Waals surface area contributed by atoms with Gasteiger partial charge in [0.2, 0.25) is 0 Å². The molecule has 0 amide bonds. The summed E-state index contributed by atoms with van der Waals surface area (Å²) in [6.45, 7) is 1.70. The molecule has 6 heteroatoms. The first-order chi connectivity index (χ1) is 7.49. The Hall–Kier alpha value is -1.37. The van der Waals surface area contributed by atoms with Crippen molar-refractivity contribution in [1.82, 2.24) is 9.45 Å². The van der Waals surface area contributed by atoms with E-state index in [1.807, 2.05) is 12.1 Å². The van der Waals surface area contributed by atoms with Crippen molar-refractivity contribution in [1.29, 1.82) is 0 Å². The molecule has 1 aromatic carbocycles. The molecule has 0 unspecified atom stereocenters. The van der Waals surface area contributed by atoms with E-state index in [1.54, 1.807) is 30.7 Å². The van der Waals surface area contributed by atoms with Gasteiger partial charge in [0.05, 0.1) is 0 Å². The molecule has 0 fully saturated rings. The summed E-state index contributed by atoms with van der Waals surface area (Å²) in [5, 5.41) is 9.29. The van der Waals surface area contributed by atoms with Gasteiger partial charge in [-0.1, -0.05) is 23.1 Å². The molecule has 2 N–H and O–H groups in total. The van der Waals surface area contributed by atoms with Gasteiger partial charge >= 0.3 is 0 Å². The lowest BCUT2D eigenvalue weighted by Gasteiger charge is -2.01. The number of hydrogen-bond donors (Lipinski definition) is 2. The number of aryl methyl sites for hydroxylation is 1. The fraction of sp³-hybridized carbons (Fsp3) is 0.200. The molecule has 1 aromatic heterocycles. The molecular weight excluding hydrogens is 228 g/mol. The van der Waals surface area contributed by atoms with Gasteiger partial charge in [0.25, 0.3) is 10.0 Å². The number of benzene rings is 1. The molecule has 0 aliphatic rings. The summed E-state index contributed by atoms with van der Waals surface area (Å²) in [4.78, 5) is 1.48. The molecule has 16 heavy (non-hydrogen) atoms. The Morgan fingerprint density at radius 2 is 1.94 bits per heavy atom. The SMILES string of the molecule is Cc1c(S(=O)(=O)NO)c2ccccc2n1C. The van der Waals surface area contributed by atoms with Crippen LogP contribution in [-0.4, -0.2) is 18.2 Å². The van der Waals surface area contributed by atoms with E-state index in [2.05, 4.69) is 0 Å². The molecule has 0 radical (unpaired) electrons. The Morgan fingerprint density at radius 1 is 1.31 bits per heavy atom. The zero-order valence-corrected chi connectivity index (χ0v) is 9.75. The van der Waals surface area contributed by atoms with Crippen LogP contribution in [0.1, 0.15) is 5.69 Å². The summed E-state index contributed by atoms with van der Waals surface area (Å²) in [5.41, 5.74) is 1.40. The maximum absolute atomic E-state index is 11.7. The number of rotatable bonds is 2. The number of hydrogen-bond acceptors (Lipinski definition) is 3. The van der Waals surface area contributed by atoms with Crippen molar-refractivity contribution in [3.8, 4) is 0 Å². The van der Waals surface area contributed by atoms with Crippen molar-refractivity contribution in [3.05, 3.63) is 30.0 Å². The number of sulfonamides is 1. The number of nitrogens with one attached hydrogen (secondary N) is 1. The zero-order valence-electron chi connectivity index (χ0n) is 8.93. The third-order valence-electron chi connectivity index (χ3n) is 2.73. The number of aromatic nitrogens is 1. The summed E-state index contributed by atoms with van der Waals surface area (Å²) in [6.07, 6.45) is 0. The highest BCUT2D eigenvalue weighted by Gasteiger charge is 2.22. The Labute approximate surface area is 93.3 Å². The van der Waals surface area contributed by atoms with E-state index in [0.717, 1.165) is 5.52 Å². The zero-order chi connectivity index (χ0) is 11.9. The van der Waals surface area contributed by atoms with E-state index in [-0.39, 0.29) is 4.90 Å². The summed E-state index contributed by atoms with van der Waals surface area (Å²) < 4.78 is 25.1. The highest BCUT2D eigenvalue weighted by molar-refractivity contribution is 7.89. The van der Waals surface area contributed by atoms with Crippen LogP contribution in [0, 0.1) is 6.92 Å². The highest BCUT2D eigenvalue weighted by Crippen LogP contribution is 2.28. The Kier molecular flexibility index (Phi) is 2.49. The lowest BCUT2D eigenvalue weighted by Crippen LogP contribution is -2.20. The largest absolute Gasteiger partial charge is 0.347 e. The summed E-state index contributed by atoms with van der Waals surface area (Å²) in [6, 6.07) is 7.15. The molecule has 0 aliphatic heterocycles. The monoisotopic (exact) mass is 240 g/mol. The van der Waals surface area contributed by atoms with Gasteiger partial charge in [-0.15, -0.1) is 0 Å². The molecule has 0 saturated heterocycles. The van der Waals surface area contributed by atoms with Crippen LogP contribution >= 0.6 is 0 Å². The maximum atomic E-state index is 11.7. The minimum Gasteiger partial charge on any atom is -0.347 e. The predicted molar refractivity (Wildman–Crippen MR) is 59.8 cm³/mol. The molecule has 5 nitrogen and oxygen atoms in total. The summed E-state index contributed by atoms with van der Waals surface area (Å²) >= 11 is 0. The smallest absolute Gasteiger partial charge is 0.264 e. The Balaban J connectivity index is 2.95. The Morgan fingerprint density at radius 3 is 2.56 bits per heavy atom. The van der Waals surface area contributed by atoms with Crippen LogP contribution in [0.25, 0.3) is 10.9 Å². The average Bonchev–Trinajstić information content (AvgIpc) is 2.53. The van der Waals surface area contributed by atoms with E-state index in [4.69, 9.17) is 5.21 Å². The summed E-state index contributed by atoms with van der Waals surface area (Å²) in [5.74, 6) is 0. The van der Waals surface area contributed by atoms with Crippen LogP contribution < -0.4 is 4.89 Å². The summed E-state index contributed by atoms with van der Waals surface area (Å²) in [7, 11) is -2.06. The normalized spacial score (nSPS) is 12.2. The van der Waals surface area contributed by atoms with Gasteiger partial charge in [0, 0.05) is 23.6 Å². The topological polar surface area (TPSA) is 71.3 Å². The fourth-order valence-electron chi connectivity index (χ4n) is 1.87. The van der Waals surface area contributed by atoms with Crippen LogP contribution in [0.4, 0.5) is 0 Å². The molecular formula is C10H12N2O3S. The molecule has 0 saturated carbocycles. The van der Waals surface area contributed by atoms with E-state index in [9.17, 15) is 8.42 Å². The molecule has 0 spiro atoms. The quantitative estimate of drug-likeness (QED) is 0.774. The molecule has 2 aromatic rings. The molecule has 0 aliphatic carbocycles. The molecule has 1 heterocycles. The van der Waals surface area contributed by atoms with Crippen molar-refractivity contribution >= 4 is 20.9 Å².